The van der Waals surface area contributed by atoms with Crippen LogP contribution in [-0.2, 0) is 28.1 Å². The fourth-order valence-electron chi connectivity index (χ4n) is 3.80. The third-order valence-electron chi connectivity index (χ3n) is 4.85. The van der Waals surface area contributed by atoms with Crippen molar-refractivity contribution in [3.63, 3.8) is 0 Å². The van der Waals surface area contributed by atoms with Crippen molar-refractivity contribution in [3.8, 4) is 11.3 Å². The summed E-state index contributed by atoms with van der Waals surface area (Å²) < 4.78 is 35.8. The summed E-state index contributed by atoms with van der Waals surface area (Å²) in [6.45, 7) is 2.60. The largest absolute Gasteiger partial charge is 0.357 e. The molecule has 0 atom stereocenters. The predicted octanol–water partition coefficient (Wildman–Crippen LogP) is 3.22. The maximum Gasteiger partial charge on any atom is 0.357 e. The summed E-state index contributed by atoms with van der Waals surface area (Å²) in [5, 5.41) is 3.82. The predicted molar refractivity (Wildman–Crippen MR) is 109 cm³/mol. The zero-order valence-electron chi connectivity index (χ0n) is 15.0. The number of carbonyl (C=O) groups is 1. The number of anilines is 1. The lowest BCUT2D eigenvalue weighted by atomic mass is 10.00. The van der Waals surface area contributed by atoms with Crippen molar-refractivity contribution in [2.75, 3.05) is 11.3 Å². The molecule has 0 bridgehead atoms. The average Bonchev–Trinajstić information content (AvgIpc) is 3.10. The highest BCUT2D eigenvalue weighted by Gasteiger charge is 2.26. The first-order valence-corrected chi connectivity index (χ1v) is 10.5. The summed E-state index contributed by atoms with van der Waals surface area (Å²) in [7, 11) is -4.45. The molecule has 2 aromatic carbocycles. The van der Waals surface area contributed by atoms with E-state index in [9.17, 15) is 13.2 Å². The van der Waals surface area contributed by atoms with Crippen LogP contribution in [0.2, 0.25) is 5.02 Å². The minimum absolute atomic E-state index is 0.106. The third-order valence-corrected chi connectivity index (χ3v) is 5.64. The Morgan fingerprint density at radius 2 is 2.04 bits per heavy atom. The number of fused-ring (bicyclic) bond motifs is 5. The number of amides is 1. The van der Waals surface area contributed by atoms with Crippen LogP contribution in [0, 0.1) is 0 Å². The van der Waals surface area contributed by atoms with E-state index < -0.39 is 10.3 Å². The van der Waals surface area contributed by atoms with Crippen LogP contribution in [0.1, 0.15) is 18.1 Å². The highest BCUT2D eigenvalue weighted by Crippen LogP contribution is 2.43. The van der Waals surface area contributed by atoms with Gasteiger partial charge in [-0.1, -0.05) is 35.9 Å². The van der Waals surface area contributed by atoms with E-state index in [0.29, 0.717) is 19.5 Å². The maximum atomic E-state index is 11.3. The lowest BCUT2D eigenvalue weighted by molar-refractivity contribution is -0.118. The highest BCUT2D eigenvalue weighted by molar-refractivity contribution is 7.87. The van der Waals surface area contributed by atoms with Gasteiger partial charge in [0.2, 0.25) is 5.91 Å². The van der Waals surface area contributed by atoms with Gasteiger partial charge in [-0.2, -0.15) is 8.42 Å². The molecule has 7 nitrogen and oxygen atoms in total. The van der Waals surface area contributed by atoms with Gasteiger partial charge < -0.3 is 9.88 Å². The molecule has 0 unspecified atom stereocenters. The van der Waals surface area contributed by atoms with Crippen molar-refractivity contribution in [2.45, 2.75) is 19.9 Å². The van der Waals surface area contributed by atoms with E-state index in [0.717, 1.165) is 27.7 Å². The van der Waals surface area contributed by atoms with Gasteiger partial charge in [-0.05, 0) is 29.7 Å². The molecule has 0 saturated heterocycles. The molecule has 1 amide bonds. The number of aromatic nitrogens is 1. The fraction of sp³-hybridized carbons (Fsp3) is 0.211. The van der Waals surface area contributed by atoms with E-state index in [2.05, 4.69) is 16.0 Å². The van der Waals surface area contributed by atoms with Crippen molar-refractivity contribution in [1.29, 1.82) is 0 Å². The summed E-state index contributed by atoms with van der Waals surface area (Å²) in [5.74, 6) is -0.114. The number of benzene rings is 2. The van der Waals surface area contributed by atoms with E-state index in [1.165, 1.54) is 12.5 Å². The summed E-state index contributed by atoms with van der Waals surface area (Å²) in [6, 6.07) is 11.4. The van der Waals surface area contributed by atoms with Crippen LogP contribution in [0.5, 0.6) is 0 Å². The van der Waals surface area contributed by atoms with Crippen LogP contribution >= 0.6 is 11.6 Å². The van der Waals surface area contributed by atoms with Gasteiger partial charge in [-0.25, -0.2) is 0 Å². The lowest BCUT2D eigenvalue weighted by Gasteiger charge is -2.09. The minimum atomic E-state index is -4.45. The van der Waals surface area contributed by atoms with E-state index >= 15 is 0 Å². The number of nitrogens with one attached hydrogen (secondary N) is 2. The fourth-order valence-corrected chi connectivity index (χ4v) is 4.51. The lowest BCUT2D eigenvalue weighted by Crippen LogP contribution is -2.22. The molecule has 0 aliphatic carbocycles. The van der Waals surface area contributed by atoms with E-state index in [1.54, 1.807) is 12.1 Å². The summed E-state index contributed by atoms with van der Waals surface area (Å²) in [5.41, 5.74) is 5.30. The number of hydrogen-bond acceptors (Lipinski definition) is 3. The Kier molecular flexibility index (Phi) is 4.57. The average molecular weight is 420 g/mol. The topological polar surface area (TPSA) is 100 Å². The number of carbonyl (C=O) groups excluding carboxylic acids is 1. The Labute approximate surface area is 167 Å². The number of hydrogen-bond donors (Lipinski definition) is 3. The van der Waals surface area contributed by atoms with Gasteiger partial charge in [-0.15, -0.1) is 0 Å². The molecule has 9 heteroatoms. The first-order valence-electron chi connectivity index (χ1n) is 8.67. The number of halogens is 1. The molecule has 28 heavy (non-hydrogen) atoms. The molecular weight excluding hydrogens is 402 g/mol. The Hall–Kier alpha value is -2.55. The minimum Gasteiger partial charge on any atom is -0.356 e. The van der Waals surface area contributed by atoms with Crippen molar-refractivity contribution in [2.24, 2.45) is 0 Å². The molecule has 3 N–H and O–H groups in total. The van der Waals surface area contributed by atoms with E-state index in [1.807, 2.05) is 22.9 Å². The molecule has 0 saturated carbocycles. The maximum absolute atomic E-state index is 11.3. The van der Waals surface area contributed by atoms with E-state index in [4.69, 9.17) is 16.2 Å². The highest BCUT2D eigenvalue weighted by atomic mass is 35.5. The van der Waals surface area contributed by atoms with Gasteiger partial charge >= 0.3 is 10.3 Å². The standard InChI is InChI=1S/C19H18ClN3O4S/c1-11(24)21-7-6-14-15-8-17(22-28(25,26)27)16(20)9-18(15)23-10-12-4-2-3-5-13(12)19(14)23/h2-5,8-9,22H,6-7,10H2,1H3,(H,21,24)(H,25,26,27). The smallest absolute Gasteiger partial charge is 0.356 e. The van der Waals surface area contributed by atoms with Crippen molar-refractivity contribution >= 4 is 44.4 Å². The van der Waals surface area contributed by atoms with Gasteiger partial charge in [0.05, 0.1) is 21.9 Å². The molecular formula is C19H18ClN3O4S. The zero-order chi connectivity index (χ0) is 20.1. The molecule has 0 spiro atoms. The van der Waals surface area contributed by atoms with Gasteiger partial charge in [0.15, 0.2) is 0 Å². The normalized spacial score (nSPS) is 12.7. The summed E-state index contributed by atoms with van der Waals surface area (Å²) in [4.78, 5) is 11.3. The van der Waals surface area contributed by atoms with Crippen molar-refractivity contribution in [3.05, 3.63) is 52.5 Å². The van der Waals surface area contributed by atoms with Crippen LogP contribution in [-0.4, -0.2) is 30.0 Å². The first-order chi connectivity index (χ1) is 13.2. The molecule has 4 rings (SSSR count). The molecule has 0 fully saturated rings. The Balaban J connectivity index is 1.91. The Bertz CT molecular complexity index is 1220. The van der Waals surface area contributed by atoms with Gasteiger partial charge in [-0.3, -0.25) is 14.1 Å². The van der Waals surface area contributed by atoms with Crippen LogP contribution in [0.4, 0.5) is 5.69 Å². The second-order valence-electron chi connectivity index (χ2n) is 6.73. The van der Waals surface area contributed by atoms with Gasteiger partial charge in [0.25, 0.3) is 0 Å². The van der Waals surface area contributed by atoms with Crippen molar-refractivity contribution < 1.29 is 17.8 Å². The first kappa shape index (κ1) is 18.8. The summed E-state index contributed by atoms with van der Waals surface area (Å²) >= 11 is 6.27. The monoisotopic (exact) mass is 419 g/mol. The van der Waals surface area contributed by atoms with Crippen LogP contribution in [0.15, 0.2) is 36.4 Å². The zero-order valence-corrected chi connectivity index (χ0v) is 16.6. The van der Waals surface area contributed by atoms with Crippen LogP contribution < -0.4 is 10.0 Å². The molecule has 0 radical (unpaired) electrons. The molecule has 3 aromatic rings. The van der Waals surface area contributed by atoms with Gasteiger partial charge in [0.1, 0.15) is 0 Å². The number of nitrogens with zero attached hydrogens (tertiary/aromatic N) is 1. The number of rotatable bonds is 5. The molecule has 146 valence electrons. The van der Waals surface area contributed by atoms with Crippen molar-refractivity contribution in [1.82, 2.24) is 9.88 Å². The molecule has 2 heterocycles. The second kappa shape index (κ2) is 6.80. The second-order valence-corrected chi connectivity index (χ2v) is 8.29. The molecule has 1 aromatic heterocycles. The quantitative estimate of drug-likeness (QED) is 0.432. The van der Waals surface area contributed by atoms with Gasteiger partial charge in [0, 0.05) is 31.0 Å². The summed E-state index contributed by atoms with van der Waals surface area (Å²) in [6.07, 6.45) is 0.569. The Morgan fingerprint density at radius 1 is 1.29 bits per heavy atom. The van der Waals surface area contributed by atoms with Crippen LogP contribution in [0.25, 0.3) is 22.2 Å². The Morgan fingerprint density at radius 3 is 2.75 bits per heavy atom. The molecule has 1 aliphatic rings. The SMILES string of the molecule is CC(=O)NCCc1c2n(c3cc(Cl)c(NS(=O)(=O)O)cc13)Cc1ccccc1-2. The molecule has 1 aliphatic heterocycles. The third kappa shape index (κ3) is 3.34. The van der Waals surface area contributed by atoms with Crippen LogP contribution in [0.3, 0.4) is 0 Å². The van der Waals surface area contributed by atoms with E-state index in [-0.39, 0.29) is 16.6 Å².